The van der Waals surface area contributed by atoms with Crippen molar-refractivity contribution in [3.63, 3.8) is 0 Å². The summed E-state index contributed by atoms with van der Waals surface area (Å²) in [7, 11) is 0. The van der Waals surface area contributed by atoms with E-state index in [9.17, 15) is 5.11 Å². The molecule has 1 aliphatic rings. The van der Waals surface area contributed by atoms with Crippen LogP contribution in [0.15, 0.2) is 47.8 Å². The molecule has 1 aliphatic heterocycles. The van der Waals surface area contributed by atoms with E-state index in [1.165, 1.54) is 23.3 Å². The standard InChI is InChI=1S/C22H24N4OS2/c1-15-23-22-26(24-15)21(27)20(29-22)19(18-8-5-13-28-18)25-11-9-17(10-12-25)14-16-6-3-2-4-7-16/h2-8,13,17,19,27H,9-12,14H2,1H3. The first kappa shape index (κ1) is 18.8. The van der Waals surface area contributed by atoms with Gasteiger partial charge in [0.15, 0.2) is 0 Å². The molecule has 4 heterocycles. The fourth-order valence-corrected chi connectivity index (χ4v) is 6.41. The lowest BCUT2D eigenvalue weighted by atomic mass is 9.89. The molecule has 29 heavy (non-hydrogen) atoms. The maximum Gasteiger partial charge on any atom is 0.230 e. The molecule has 1 fully saturated rings. The number of aromatic nitrogens is 3. The number of nitrogens with zero attached hydrogens (tertiary/aromatic N) is 4. The molecule has 1 N–H and O–H groups in total. The van der Waals surface area contributed by atoms with Gasteiger partial charge in [0.05, 0.1) is 10.9 Å². The van der Waals surface area contributed by atoms with Gasteiger partial charge in [-0.3, -0.25) is 4.90 Å². The average Bonchev–Trinajstić information content (AvgIpc) is 3.44. The topological polar surface area (TPSA) is 53.7 Å². The minimum absolute atomic E-state index is 0.0708. The quantitative estimate of drug-likeness (QED) is 0.495. The average molecular weight is 425 g/mol. The number of aryl methyl sites for hydroxylation is 1. The normalized spacial score (nSPS) is 17.1. The predicted molar refractivity (Wildman–Crippen MR) is 118 cm³/mol. The smallest absolute Gasteiger partial charge is 0.230 e. The largest absolute Gasteiger partial charge is 0.492 e. The summed E-state index contributed by atoms with van der Waals surface area (Å²) in [5.41, 5.74) is 1.43. The van der Waals surface area contributed by atoms with E-state index in [-0.39, 0.29) is 11.9 Å². The van der Waals surface area contributed by atoms with E-state index >= 15 is 0 Å². The maximum absolute atomic E-state index is 10.9. The molecule has 1 aromatic carbocycles. The number of likely N-dealkylation sites (tertiary alicyclic amines) is 1. The molecule has 7 heteroatoms. The van der Waals surface area contributed by atoms with E-state index < -0.39 is 0 Å². The Labute approximate surface area is 178 Å². The summed E-state index contributed by atoms with van der Waals surface area (Å²) in [5.74, 6) is 1.64. The van der Waals surface area contributed by atoms with Crippen molar-refractivity contribution < 1.29 is 5.11 Å². The highest BCUT2D eigenvalue weighted by Crippen LogP contribution is 2.42. The fraction of sp³-hybridized carbons (Fsp3) is 0.364. The summed E-state index contributed by atoms with van der Waals surface area (Å²) >= 11 is 3.30. The van der Waals surface area contributed by atoms with Gasteiger partial charge in [-0.05, 0) is 62.2 Å². The molecule has 4 aromatic rings. The minimum Gasteiger partial charge on any atom is -0.492 e. The van der Waals surface area contributed by atoms with Crippen LogP contribution in [0.5, 0.6) is 5.88 Å². The van der Waals surface area contributed by atoms with E-state index in [1.807, 2.05) is 6.92 Å². The lowest BCUT2D eigenvalue weighted by molar-refractivity contribution is 0.152. The monoisotopic (exact) mass is 424 g/mol. The van der Waals surface area contributed by atoms with E-state index in [0.717, 1.165) is 35.3 Å². The fourth-order valence-electron chi connectivity index (χ4n) is 4.31. The van der Waals surface area contributed by atoms with Crippen molar-refractivity contribution in [2.45, 2.75) is 32.2 Å². The third kappa shape index (κ3) is 3.70. The molecular formula is C22H24N4OS2. The molecule has 1 unspecified atom stereocenters. The van der Waals surface area contributed by atoms with Gasteiger partial charge < -0.3 is 5.11 Å². The summed E-state index contributed by atoms with van der Waals surface area (Å²) in [4.78, 5) is 9.95. The first-order chi connectivity index (χ1) is 14.2. The highest BCUT2D eigenvalue weighted by atomic mass is 32.1. The Morgan fingerprint density at radius 3 is 2.62 bits per heavy atom. The minimum atomic E-state index is 0.0708. The molecule has 1 saturated heterocycles. The zero-order chi connectivity index (χ0) is 19.8. The zero-order valence-electron chi connectivity index (χ0n) is 16.4. The lowest BCUT2D eigenvalue weighted by Crippen LogP contribution is -2.37. The van der Waals surface area contributed by atoms with Crippen LogP contribution < -0.4 is 0 Å². The first-order valence-electron chi connectivity index (χ1n) is 10.1. The number of rotatable bonds is 5. The molecule has 150 valence electrons. The van der Waals surface area contributed by atoms with E-state index in [0.29, 0.717) is 5.82 Å². The molecule has 0 bridgehead atoms. The van der Waals surface area contributed by atoms with Crippen molar-refractivity contribution in [1.29, 1.82) is 0 Å². The summed E-state index contributed by atoms with van der Waals surface area (Å²) in [6, 6.07) is 15.1. The first-order valence-corrected chi connectivity index (χ1v) is 11.7. The lowest BCUT2D eigenvalue weighted by Gasteiger charge is -2.37. The van der Waals surface area contributed by atoms with Crippen molar-refractivity contribution in [2.24, 2.45) is 5.92 Å². The van der Waals surface area contributed by atoms with E-state index in [2.05, 4.69) is 62.8 Å². The van der Waals surface area contributed by atoms with Crippen LogP contribution >= 0.6 is 22.7 Å². The highest BCUT2D eigenvalue weighted by Gasteiger charge is 2.32. The van der Waals surface area contributed by atoms with Crippen molar-refractivity contribution >= 4 is 27.6 Å². The van der Waals surface area contributed by atoms with Crippen LogP contribution in [-0.2, 0) is 6.42 Å². The van der Waals surface area contributed by atoms with Gasteiger partial charge in [-0.25, -0.2) is 4.98 Å². The number of hydrogen-bond acceptors (Lipinski definition) is 6. The number of benzene rings is 1. The van der Waals surface area contributed by atoms with Gasteiger partial charge in [0.2, 0.25) is 10.8 Å². The molecule has 0 spiro atoms. The molecule has 5 rings (SSSR count). The Morgan fingerprint density at radius 1 is 1.14 bits per heavy atom. The van der Waals surface area contributed by atoms with E-state index in [4.69, 9.17) is 0 Å². The second-order valence-electron chi connectivity index (χ2n) is 7.73. The van der Waals surface area contributed by atoms with Crippen LogP contribution in [-0.4, -0.2) is 37.7 Å². The van der Waals surface area contributed by atoms with Crippen LogP contribution in [0.25, 0.3) is 4.96 Å². The molecule has 0 radical (unpaired) electrons. The van der Waals surface area contributed by atoms with Gasteiger partial charge in [0.25, 0.3) is 0 Å². The Morgan fingerprint density at radius 2 is 1.93 bits per heavy atom. The second-order valence-corrected chi connectivity index (χ2v) is 9.72. The summed E-state index contributed by atoms with van der Waals surface area (Å²) in [6.45, 7) is 3.92. The number of aromatic hydroxyl groups is 1. The molecule has 0 aliphatic carbocycles. The summed E-state index contributed by atoms with van der Waals surface area (Å²) in [6.07, 6.45) is 3.51. The van der Waals surface area contributed by atoms with E-state index in [1.54, 1.807) is 27.2 Å². The number of hydrogen-bond donors (Lipinski definition) is 1. The molecule has 3 aromatic heterocycles. The van der Waals surface area contributed by atoms with Gasteiger partial charge in [0.1, 0.15) is 5.82 Å². The number of piperidine rings is 1. The van der Waals surface area contributed by atoms with Crippen molar-refractivity contribution in [2.75, 3.05) is 13.1 Å². The molecular weight excluding hydrogens is 400 g/mol. The Balaban J connectivity index is 1.38. The summed E-state index contributed by atoms with van der Waals surface area (Å²) < 4.78 is 1.58. The van der Waals surface area contributed by atoms with Crippen LogP contribution in [0, 0.1) is 12.8 Å². The molecule has 1 atom stereocenters. The Kier molecular flexibility index (Phi) is 5.11. The molecule has 5 nitrogen and oxygen atoms in total. The van der Waals surface area contributed by atoms with Crippen LogP contribution in [0.2, 0.25) is 0 Å². The third-order valence-corrected chi connectivity index (χ3v) is 7.75. The highest BCUT2D eigenvalue weighted by molar-refractivity contribution is 7.17. The Bertz CT molecular complexity index is 1080. The number of thiazole rings is 1. The molecule has 0 saturated carbocycles. The predicted octanol–water partition coefficient (Wildman–Crippen LogP) is 4.91. The third-order valence-electron chi connectivity index (χ3n) is 5.75. The zero-order valence-corrected chi connectivity index (χ0v) is 18.0. The van der Waals surface area contributed by atoms with Crippen LogP contribution in [0.3, 0.4) is 0 Å². The Hall–Kier alpha value is -2.22. The van der Waals surface area contributed by atoms with Gasteiger partial charge in [0, 0.05) is 4.88 Å². The second kappa shape index (κ2) is 7.89. The van der Waals surface area contributed by atoms with Gasteiger partial charge in [-0.2, -0.15) is 4.52 Å². The SMILES string of the molecule is Cc1nc2sc(C(c3cccs3)N3CCC(Cc4ccccc4)CC3)c(O)n2n1. The van der Waals surface area contributed by atoms with Crippen molar-refractivity contribution in [3.05, 3.63) is 69.0 Å². The van der Waals surface area contributed by atoms with Crippen LogP contribution in [0.1, 0.15) is 40.0 Å². The van der Waals surface area contributed by atoms with Gasteiger partial charge in [-0.15, -0.1) is 16.4 Å². The molecule has 0 amide bonds. The van der Waals surface area contributed by atoms with Gasteiger partial charge >= 0.3 is 0 Å². The van der Waals surface area contributed by atoms with Crippen LogP contribution in [0.4, 0.5) is 0 Å². The summed E-state index contributed by atoms with van der Waals surface area (Å²) in [5, 5.41) is 17.4. The number of thiophene rings is 1. The van der Waals surface area contributed by atoms with Crippen molar-refractivity contribution in [3.8, 4) is 5.88 Å². The van der Waals surface area contributed by atoms with Gasteiger partial charge in [-0.1, -0.05) is 47.7 Å². The maximum atomic E-state index is 10.9. The van der Waals surface area contributed by atoms with Crippen molar-refractivity contribution in [1.82, 2.24) is 19.5 Å². The number of fused-ring (bicyclic) bond motifs is 1.